The monoisotopic (exact) mass is 526 g/mol. The number of benzene rings is 2. The van der Waals surface area contributed by atoms with Crippen molar-refractivity contribution in [1.82, 2.24) is 14.9 Å². The largest absolute Gasteiger partial charge is 0.490 e. The number of halogens is 1. The van der Waals surface area contributed by atoms with Crippen molar-refractivity contribution in [3.8, 4) is 11.4 Å². The van der Waals surface area contributed by atoms with Crippen LogP contribution >= 0.6 is 12.2 Å². The van der Waals surface area contributed by atoms with E-state index in [4.69, 9.17) is 17.0 Å². The van der Waals surface area contributed by atoms with Crippen LogP contribution in [0.4, 0.5) is 10.1 Å². The molecule has 1 saturated heterocycles. The zero-order chi connectivity index (χ0) is 26.2. The molecule has 1 saturated carbocycles. The smallest absolute Gasteiger partial charge is 0.174 e. The summed E-state index contributed by atoms with van der Waals surface area (Å²) in [7, 11) is 0. The van der Waals surface area contributed by atoms with E-state index in [1.807, 2.05) is 42.6 Å². The molecule has 6 rings (SSSR count). The minimum Gasteiger partial charge on any atom is -0.490 e. The number of anilines is 1. The number of thiocarbonyl (C=S) groups is 1. The van der Waals surface area contributed by atoms with Crippen LogP contribution in [0, 0.1) is 19.7 Å². The molecule has 3 heterocycles. The maximum Gasteiger partial charge on any atom is 0.174 e. The molecule has 2 aromatic carbocycles. The number of aryl methyl sites for hydroxylation is 1. The Morgan fingerprint density at radius 2 is 1.74 bits per heavy atom. The molecular formula is C31H31FN4OS. The third kappa shape index (κ3) is 4.56. The van der Waals surface area contributed by atoms with Gasteiger partial charge in [0.05, 0.1) is 23.9 Å². The van der Waals surface area contributed by atoms with Gasteiger partial charge in [0.25, 0.3) is 0 Å². The van der Waals surface area contributed by atoms with Crippen molar-refractivity contribution in [3.63, 3.8) is 0 Å². The number of pyridine rings is 1. The third-order valence-corrected chi connectivity index (χ3v) is 7.99. The average molecular weight is 527 g/mol. The molecule has 1 aliphatic carbocycles. The highest BCUT2D eigenvalue weighted by atomic mass is 32.1. The Hall–Kier alpha value is -3.71. The van der Waals surface area contributed by atoms with E-state index in [1.54, 1.807) is 12.1 Å². The van der Waals surface area contributed by atoms with Gasteiger partial charge in [-0.25, -0.2) is 4.39 Å². The molecule has 1 aliphatic heterocycles. The number of hydrogen-bond acceptors (Lipinski definition) is 3. The van der Waals surface area contributed by atoms with E-state index in [1.165, 1.54) is 18.9 Å². The van der Waals surface area contributed by atoms with Gasteiger partial charge in [0.2, 0.25) is 0 Å². The summed E-state index contributed by atoms with van der Waals surface area (Å²) < 4.78 is 22.4. The highest BCUT2D eigenvalue weighted by molar-refractivity contribution is 7.80. The third-order valence-electron chi connectivity index (χ3n) is 7.67. The Balaban J connectivity index is 1.41. The Morgan fingerprint density at radius 3 is 2.45 bits per heavy atom. The molecule has 2 fully saturated rings. The topological polar surface area (TPSA) is 42.3 Å². The van der Waals surface area contributed by atoms with Gasteiger partial charge in [0.15, 0.2) is 5.11 Å². The van der Waals surface area contributed by atoms with Gasteiger partial charge >= 0.3 is 0 Å². The SMILES string of the molecule is Cc1cc(C2C(c3ccccn3)NC(=S)N2c2ccc(OC3CCCC3)cc2)c(C)n1-c1cccc(F)c1. The quantitative estimate of drug-likeness (QED) is 0.271. The summed E-state index contributed by atoms with van der Waals surface area (Å²) in [6, 6.07) is 22.8. The summed E-state index contributed by atoms with van der Waals surface area (Å²) >= 11 is 5.92. The molecule has 2 aliphatic rings. The highest BCUT2D eigenvalue weighted by Gasteiger charge is 2.42. The number of rotatable bonds is 6. The maximum atomic E-state index is 14.1. The summed E-state index contributed by atoms with van der Waals surface area (Å²) in [4.78, 5) is 6.85. The summed E-state index contributed by atoms with van der Waals surface area (Å²) in [6.07, 6.45) is 6.84. The number of nitrogens with zero attached hydrogens (tertiary/aromatic N) is 3. The number of nitrogens with one attached hydrogen (secondary N) is 1. The van der Waals surface area contributed by atoms with Gasteiger partial charge in [-0.05, 0) is 118 Å². The predicted octanol–water partition coefficient (Wildman–Crippen LogP) is 7.13. The van der Waals surface area contributed by atoms with E-state index < -0.39 is 0 Å². The predicted molar refractivity (Wildman–Crippen MR) is 152 cm³/mol. The van der Waals surface area contributed by atoms with Crippen LogP contribution in [0.1, 0.15) is 60.4 Å². The normalized spacial score (nSPS) is 19.7. The minimum absolute atomic E-state index is 0.146. The Morgan fingerprint density at radius 1 is 0.947 bits per heavy atom. The van der Waals surface area contributed by atoms with E-state index >= 15 is 0 Å². The van der Waals surface area contributed by atoms with Gasteiger partial charge in [-0.1, -0.05) is 12.1 Å². The summed E-state index contributed by atoms with van der Waals surface area (Å²) in [5, 5.41) is 4.18. The molecule has 5 nitrogen and oxygen atoms in total. The van der Waals surface area contributed by atoms with Crippen LogP contribution in [0.15, 0.2) is 79.0 Å². The minimum atomic E-state index is -0.256. The second-order valence-corrected chi connectivity index (χ2v) is 10.5. The van der Waals surface area contributed by atoms with Gasteiger partial charge in [-0.2, -0.15) is 0 Å². The van der Waals surface area contributed by atoms with Crippen LogP contribution in [0.3, 0.4) is 0 Å². The van der Waals surface area contributed by atoms with E-state index in [0.717, 1.165) is 52.6 Å². The fourth-order valence-corrected chi connectivity index (χ4v) is 6.28. The van der Waals surface area contributed by atoms with E-state index in [-0.39, 0.29) is 17.9 Å². The summed E-state index contributed by atoms with van der Waals surface area (Å²) in [5.41, 5.74) is 5.88. The van der Waals surface area contributed by atoms with Gasteiger partial charge in [-0.3, -0.25) is 4.98 Å². The van der Waals surface area contributed by atoms with Crippen molar-refractivity contribution < 1.29 is 9.13 Å². The second kappa shape index (κ2) is 10.2. The Labute approximate surface area is 228 Å². The van der Waals surface area contributed by atoms with Crippen molar-refractivity contribution in [3.05, 3.63) is 107 Å². The number of ether oxygens (including phenoxy) is 1. The molecule has 7 heteroatoms. The van der Waals surface area contributed by atoms with Crippen LogP contribution in [-0.2, 0) is 0 Å². The first-order valence-corrected chi connectivity index (χ1v) is 13.6. The molecule has 0 radical (unpaired) electrons. The Bertz CT molecular complexity index is 1450. The van der Waals surface area contributed by atoms with Gasteiger partial charge in [0, 0.05) is 29.0 Å². The van der Waals surface area contributed by atoms with E-state index in [2.05, 4.69) is 51.8 Å². The van der Waals surface area contributed by atoms with Crippen LogP contribution in [0.2, 0.25) is 0 Å². The van der Waals surface area contributed by atoms with Crippen molar-refractivity contribution in [1.29, 1.82) is 0 Å². The lowest BCUT2D eigenvalue weighted by molar-refractivity contribution is 0.210. The maximum absolute atomic E-state index is 14.1. The fourth-order valence-electron chi connectivity index (χ4n) is 5.93. The first kappa shape index (κ1) is 24.6. The summed E-state index contributed by atoms with van der Waals surface area (Å²) in [5.74, 6) is 0.633. The lowest BCUT2D eigenvalue weighted by Gasteiger charge is -2.28. The molecule has 2 atom stereocenters. The molecule has 194 valence electrons. The molecule has 2 unspecified atom stereocenters. The van der Waals surface area contributed by atoms with Crippen LogP contribution in [-0.4, -0.2) is 20.8 Å². The van der Waals surface area contributed by atoms with E-state index in [0.29, 0.717) is 11.2 Å². The van der Waals surface area contributed by atoms with Crippen molar-refractivity contribution in [2.75, 3.05) is 4.90 Å². The molecule has 0 bridgehead atoms. The molecule has 0 spiro atoms. The highest BCUT2D eigenvalue weighted by Crippen LogP contribution is 2.44. The fraction of sp³-hybridized carbons (Fsp3) is 0.290. The van der Waals surface area contributed by atoms with E-state index in [9.17, 15) is 4.39 Å². The number of aromatic nitrogens is 2. The van der Waals surface area contributed by atoms with Gasteiger partial charge < -0.3 is 19.5 Å². The van der Waals surface area contributed by atoms with Crippen LogP contribution < -0.4 is 15.0 Å². The molecule has 38 heavy (non-hydrogen) atoms. The zero-order valence-electron chi connectivity index (χ0n) is 21.6. The van der Waals surface area contributed by atoms with Crippen molar-refractivity contribution in [2.45, 2.75) is 57.7 Å². The van der Waals surface area contributed by atoms with Crippen molar-refractivity contribution >= 4 is 23.0 Å². The molecule has 1 N–H and O–H groups in total. The van der Waals surface area contributed by atoms with Gasteiger partial charge in [-0.15, -0.1) is 0 Å². The molecule has 2 aromatic heterocycles. The van der Waals surface area contributed by atoms with Crippen molar-refractivity contribution in [2.24, 2.45) is 0 Å². The Kier molecular flexibility index (Phi) is 6.62. The average Bonchev–Trinajstić information content (AvgIpc) is 3.63. The lowest BCUT2D eigenvalue weighted by atomic mass is 9.96. The molecule has 0 amide bonds. The lowest BCUT2D eigenvalue weighted by Crippen LogP contribution is -2.29. The first-order valence-electron chi connectivity index (χ1n) is 13.2. The number of hydrogen-bond donors (Lipinski definition) is 1. The first-order chi connectivity index (χ1) is 18.5. The second-order valence-electron chi connectivity index (χ2n) is 10.2. The van der Waals surface area contributed by atoms with Crippen LogP contribution in [0.25, 0.3) is 5.69 Å². The zero-order valence-corrected chi connectivity index (χ0v) is 22.4. The molecule has 4 aromatic rings. The standard InChI is InChI=1S/C31H31FN4OS/c1-20-18-27(21(2)35(20)24-9-7-8-22(32)19-24)30-29(28-12-5-6-17-33-28)34-31(38)36(30)23-13-15-26(16-14-23)37-25-10-3-4-11-25/h5-9,12-19,25,29-30H,3-4,10-11H2,1-2H3,(H,34,38). The summed E-state index contributed by atoms with van der Waals surface area (Å²) in [6.45, 7) is 4.14. The van der Waals surface area contributed by atoms with Gasteiger partial charge in [0.1, 0.15) is 11.6 Å². The van der Waals surface area contributed by atoms with Crippen LogP contribution in [0.5, 0.6) is 5.75 Å². The molecular weight excluding hydrogens is 495 g/mol.